The molecule has 10 heteroatoms. The minimum Gasteiger partial charge on any atom is -0.480 e. The largest absolute Gasteiger partial charge is 0.480 e. The lowest BCUT2D eigenvalue weighted by Gasteiger charge is -2.12. The average molecular weight is 282 g/mol. The van der Waals surface area contributed by atoms with Crippen molar-refractivity contribution >= 4 is 27.9 Å². The van der Waals surface area contributed by atoms with Gasteiger partial charge in [-0.25, -0.2) is 8.42 Å². The summed E-state index contributed by atoms with van der Waals surface area (Å²) in [5, 5.41) is 8.67. The third-order valence-corrected chi connectivity index (χ3v) is 2.90. The number of nitrogens with two attached hydrogens (primary N) is 1. The van der Waals surface area contributed by atoms with Crippen LogP contribution in [-0.2, 0) is 29.1 Å². The summed E-state index contributed by atoms with van der Waals surface area (Å²) in [6.45, 7) is 1.49. The quantitative estimate of drug-likeness (QED) is 0.427. The molecule has 0 saturated heterocycles. The number of ether oxygens (including phenoxy) is 1. The summed E-state index contributed by atoms with van der Waals surface area (Å²) in [4.78, 5) is 32.2. The highest BCUT2D eigenvalue weighted by Crippen LogP contribution is 1.97. The van der Waals surface area contributed by atoms with Crippen LogP contribution < -0.4 is 10.5 Å². The molecule has 0 radical (unpaired) electrons. The maximum Gasteiger partial charge on any atom is 0.322 e. The molecular weight excluding hydrogens is 268 g/mol. The van der Waals surface area contributed by atoms with E-state index in [-0.39, 0.29) is 6.61 Å². The first-order valence-corrected chi connectivity index (χ1v) is 6.50. The van der Waals surface area contributed by atoms with Crippen LogP contribution in [0.2, 0.25) is 0 Å². The molecule has 0 aliphatic carbocycles. The molecule has 1 amide bonds. The van der Waals surface area contributed by atoms with Gasteiger partial charge in [0, 0.05) is 0 Å². The van der Waals surface area contributed by atoms with Gasteiger partial charge in [-0.3, -0.25) is 14.4 Å². The lowest BCUT2D eigenvalue weighted by Crippen LogP contribution is -2.45. The Bertz CT molecular complexity index is 431. The van der Waals surface area contributed by atoms with E-state index < -0.39 is 46.1 Å². The van der Waals surface area contributed by atoms with E-state index in [0.29, 0.717) is 0 Å². The molecule has 0 aromatic rings. The molecule has 0 saturated carbocycles. The number of sulfonamides is 1. The van der Waals surface area contributed by atoms with Gasteiger partial charge in [-0.2, -0.15) is 4.72 Å². The molecule has 0 rings (SSSR count). The van der Waals surface area contributed by atoms with Crippen molar-refractivity contribution in [2.24, 2.45) is 5.73 Å². The first-order chi connectivity index (χ1) is 8.18. The van der Waals surface area contributed by atoms with Crippen molar-refractivity contribution in [3.05, 3.63) is 0 Å². The predicted molar refractivity (Wildman–Crippen MR) is 58.8 cm³/mol. The number of carbonyl (C=O) groups is 3. The van der Waals surface area contributed by atoms with E-state index in [9.17, 15) is 22.8 Å². The molecule has 0 aromatic heterocycles. The Morgan fingerprint density at radius 1 is 1.39 bits per heavy atom. The number of esters is 1. The molecule has 0 fully saturated rings. The summed E-state index contributed by atoms with van der Waals surface area (Å²) in [6, 6.07) is -1.71. The number of rotatable bonds is 8. The van der Waals surface area contributed by atoms with Gasteiger partial charge in [-0.15, -0.1) is 0 Å². The van der Waals surface area contributed by atoms with Crippen molar-refractivity contribution in [1.29, 1.82) is 0 Å². The molecule has 0 unspecified atom stereocenters. The monoisotopic (exact) mass is 282 g/mol. The number of aliphatic carboxylic acids is 1. The van der Waals surface area contributed by atoms with Crippen LogP contribution in [0.3, 0.4) is 0 Å². The van der Waals surface area contributed by atoms with Gasteiger partial charge in [-0.05, 0) is 6.92 Å². The number of carboxylic acid groups (broad SMARTS) is 1. The Kier molecular flexibility index (Phi) is 6.27. The van der Waals surface area contributed by atoms with Crippen LogP contribution in [0.5, 0.6) is 0 Å². The number of carboxylic acids is 1. The maximum atomic E-state index is 11.4. The first-order valence-electron chi connectivity index (χ1n) is 4.84. The van der Waals surface area contributed by atoms with E-state index in [1.807, 2.05) is 0 Å². The first kappa shape index (κ1) is 16.3. The molecule has 1 atom stereocenters. The van der Waals surface area contributed by atoms with Crippen molar-refractivity contribution in [1.82, 2.24) is 4.72 Å². The summed E-state index contributed by atoms with van der Waals surface area (Å²) in [5.74, 6) is -4.60. The summed E-state index contributed by atoms with van der Waals surface area (Å²) in [5.41, 5.74) is 4.77. The van der Waals surface area contributed by atoms with Gasteiger partial charge in [0.25, 0.3) is 0 Å². The topological polar surface area (TPSA) is 153 Å². The van der Waals surface area contributed by atoms with Gasteiger partial charge in [-0.1, -0.05) is 0 Å². The second-order valence-electron chi connectivity index (χ2n) is 3.24. The molecule has 0 aliphatic heterocycles. The van der Waals surface area contributed by atoms with Gasteiger partial charge < -0.3 is 15.6 Å². The summed E-state index contributed by atoms with van der Waals surface area (Å²) >= 11 is 0. The van der Waals surface area contributed by atoms with Crippen molar-refractivity contribution in [2.75, 3.05) is 12.4 Å². The fourth-order valence-corrected chi connectivity index (χ4v) is 2.09. The Morgan fingerprint density at radius 2 is 1.94 bits per heavy atom. The molecule has 0 spiro atoms. The Morgan fingerprint density at radius 3 is 2.33 bits per heavy atom. The van der Waals surface area contributed by atoms with Crippen LogP contribution in [0.4, 0.5) is 0 Å². The lowest BCUT2D eigenvalue weighted by molar-refractivity contribution is -0.141. The van der Waals surface area contributed by atoms with Crippen molar-refractivity contribution in [3.63, 3.8) is 0 Å². The third kappa shape index (κ3) is 6.81. The van der Waals surface area contributed by atoms with Gasteiger partial charge in [0.2, 0.25) is 15.9 Å². The summed E-state index contributed by atoms with van der Waals surface area (Å²) in [6.07, 6.45) is -0.711. The SMILES string of the molecule is CCOC(=O)CS(=O)(=O)N[C@H](CC(N)=O)C(=O)O. The van der Waals surface area contributed by atoms with E-state index >= 15 is 0 Å². The van der Waals surface area contributed by atoms with Crippen LogP contribution in [0.15, 0.2) is 0 Å². The number of hydrogen-bond acceptors (Lipinski definition) is 6. The number of primary amides is 1. The molecule has 104 valence electrons. The standard InChI is InChI=1S/C8H14N2O7S/c1-2-17-7(12)4-18(15,16)10-5(8(13)14)3-6(9)11/h5,10H,2-4H2,1H3,(H2,9,11)(H,13,14)/t5-/m1/s1. The summed E-state index contributed by atoms with van der Waals surface area (Å²) in [7, 11) is -4.21. The van der Waals surface area contributed by atoms with E-state index in [1.165, 1.54) is 6.92 Å². The highest BCUT2D eigenvalue weighted by molar-refractivity contribution is 7.90. The van der Waals surface area contributed by atoms with Crippen LogP contribution in [0.25, 0.3) is 0 Å². The summed E-state index contributed by atoms with van der Waals surface area (Å²) < 4.78 is 28.9. The molecule has 9 nitrogen and oxygen atoms in total. The normalized spacial score (nSPS) is 12.7. The Labute approximate surface area is 103 Å². The van der Waals surface area contributed by atoms with Crippen molar-refractivity contribution in [3.8, 4) is 0 Å². The van der Waals surface area contributed by atoms with Gasteiger partial charge in [0.15, 0.2) is 5.75 Å². The van der Waals surface area contributed by atoms with Crippen molar-refractivity contribution < 1.29 is 32.6 Å². The lowest BCUT2D eigenvalue weighted by atomic mass is 10.2. The Hall–Kier alpha value is -1.68. The van der Waals surface area contributed by atoms with E-state index in [4.69, 9.17) is 10.8 Å². The number of amides is 1. The zero-order chi connectivity index (χ0) is 14.3. The third-order valence-electron chi connectivity index (χ3n) is 1.64. The fraction of sp³-hybridized carbons (Fsp3) is 0.625. The van der Waals surface area contributed by atoms with Gasteiger partial charge >= 0.3 is 11.9 Å². The molecule has 0 aliphatic rings. The van der Waals surface area contributed by atoms with E-state index in [0.717, 1.165) is 0 Å². The number of hydrogen-bond donors (Lipinski definition) is 3. The van der Waals surface area contributed by atoms with E-state index in [2.05, 4.69) is 4.74 Å². The number of nitrogens with one attached hydrogen (secondary N) is 1. The van der Waals surface area contributed by atoms with Crippen LogP contribution in [-0.4, -0.2) is 49.8 Å². The van der Waals surface area contributed by atoms with Gasteiger partial charge in [0.1, 0.15) is 6.04 Å². The van der Waals surface area contributed by atoms with Crippen LogP contribution in [0.1, 0.15) is 13.3 Å². The highest BCUT2D eigenvalue weighted by Gasteiger charge is 2.27. The van der Waals surface area contributed by atoms with E-state index in [1.54, 1.807) is 4.72 Å². The zero-order valence-electron chi connectivity index (χ0n) is 9.58. The number of carbonyl (C=O) groups excluding carboxylic acids is 2. The molecular formula is C8H14N2O7S. The molecule has 0 aromatic carbocycles. The zero-order valence-corrected chi connectivity index (χ0v) is 10.4. The maximum absolute atomic E-state index is 11.4. The second-order valence-corrected chi connectivity index (χ2v) is 5.00. The molecule has 18 heavy (non-hydrogen) atoms. The molecule has 0 bridgehead atoms. The average Bonchev–Trinajstić information content (AvgIpc) is 2.14. The highest BCUT2D eigenvalue weighted by atomic mass is 32.2. The fourth-order valence-electron chi connectivity index (χ4n) is 0.997. The van der Waals surface area contributed by atoms with Crippen LogP contribution >= 0.6 is 0 Å². The second kappa shape index (κ2) is 6.91. The molecule has 4 N–H and O–H groups in total. The van der Waals surface area contributed by atoms with Crippen molar-refractivity contribution in [2.45, 2.75) is 19.4 Å². The minimum atomic E-state index is -4.21. The minimum absolute atomic E-state index is 0.00199. The van der Waals surface area contributed by atoms with Crippen LogP contribution in [0, 0.1) is 0 Å². The Balaban J connectivity index is 4.66. The predicted octanol–water partition coefficient (Wildman–Crippen LogP) is -2.20. The molecule has 0 heterocycles. The van der Waals surface area contributed by atoms with Gasteiger partial charge in [0.05, 0.1) is 13.0 Å². The smallest absolute Gasteiger partial charge is 0.322 e.